The number of carbonyl (C=O) groups excluding carboxylic acids is 1. The van der Waals surface area contributed by atoms with E-state index in [1.807, 2.05) is 53.9 Å². The zero-order valence-corrected chi connectivity index (χ0v) is 22.6. The lowest BCUT2D eigenvalue weighted by molar-refractivity contribution is -0.126. The van der Waals surface area contributed by atoms with Crippen molar-refractivity contribution in [1.82, 2.24) is 29.6 Å². The van der Waals surface area contributed by atoms with Gasteiger partial charge in [0.2, 0.25) is 11.9 Å². The number of rotatable bonds is 9. The van der Waals surface area contributed by atoms with Crippen LogP contribution >= 0.6 is 11.6 Å². The summed E-state index contributed by atoms with van der Waals surface area (Å²) >= 11 is 6.47. The number of halogens is 1. The highest BCUT2D eigenvalue weighted by Crippen LogP contribution is 2.33. The van der Waals surface area contributed by atoms with Crippen LogP contribution in [0.15, 0.2) is 55.0 Å². The van der Waals surface area contributed by atoms with Gasteiger partial charge in [-0.15, -0.1) is 0 Å². The van der Waals surface area contributed by atoms with Crippen LogP contribution in [0.25, 0.3) is 17.0 Å². The minimum atomic E-state index is -0.246. The maximum atomic E-state index is 12.3. The molecule has 0 spiro atoms. The third-order valence-corrected chi connectivity index (χ3v) is 7.13. The molecule has 4 aromatic rings. The van der Waals surface area contributed by atoms with E-state index in [0.717, 1.165) is 48.9 Å². The molecule has 1 aliphatic rings. The zero-order valence-electron chi connectivity index (χ0n) is 21.8. The first kappa shape index (κ1) is 26.7. The molecule has 1 amide bonds. The van der Waals surface area contributed by atoms with Crippen molar-refractivity contribution in [1.29, 1.82) is 0 Å². The lowest BCUT2D eigenvalue weighted by Crippen LogP contribution is -2.54. The van der Waals surface area contributed by atoms with E-state index in [1.165, 1.54) is 0 Å². The molecule has 1 fully saturated rings. The lowest BCUT2D eigenvalue weighted by atomic mass is 10.2. The summed E-state index contributed by atoms with van der Waals surface area (Å²) in [6, 6.07) is 11.5. The minimum Gasteiger partial charge on any atom is -0.494 e. The van der Waals surface area contributed by atoms with Crippen LogP contribution in [0.4, 0.5) is 17.3 Å². The van der Waals surface area contributed by atoms with E-state index in [-0.39, 0.29) is 25.1 Å². The third-order valence-electron chi connectivity index (χ3n) is 6.85. The topological polar surface area (TPSA) is 120 Å². The van der Waals surface area contributed by atoms with Crippen LogP contribution in [-0.2, 0) is 4.79 Å². The number of fused-ring (bicyclic) bond motifs is 1. The predicted octanol–water partition coefficient (Wildman–Crippen LogP) is 2.82. The molecule has 0 radical (unpaired) electrons. The molecule has 39 heavy (non-hydrogen) atoms. The highest BCUT2D eigenvalue weighted by Gasteiger charge is 2.26. The van der Waals surface area contributed by atoms with Gasteiger partial charge in [0, 0.05) is 50.7 Å². The number of aliphatic hydroxyl groups excluding tert-OH is 1. The van der Waals surface area contributed by atoms with Gasteiger partial charge in [-0.1, -0.05) is 17.7 Å². The summed E-state index contributed by atoms with van der Waals surface area (Å²) in [5.41, 5.74) is 3.89. The minimum absolute atomic E-state index is 0.0634. The molecular weight excluding hydrogens is 520 g/mol. The van der Waals surface area contributed by atoms with E-state index in [0.29, 0.717) is 22.4 Å². The van der Waals surface area contributed by atoms with Crippen LogP contribution in [-0.4, -0.2) is 87.7 Å². The van der Waals surface area contributed by atoms with Crippen molar-refractivity contribution in [3.8, 4) is 17.1 Å². The number of benzene rings is 1. The smallest absolute Gasteiger partial charge is 0.237 e. The number of aromatic nitrogens is 4. The van der Waals surface area contributed by atoms with Gasteiger partial charge in [-0.25, -0.2) is 15.0 Å². The SMILES string of the molecule is COc1cc(N2CCN(C(C)C(=O)NCCO)CC2)ccc1Nc1ncc(Cl)c(-c2cnc3ccccn23)n1. The fourth-order valence-corrected chi connectivity index (χ4v) is 4.86. The normalized spacial score (nSPS) is 14.8. The van der Waals surface area contributed by atoms with Gasteiger partial charge in [-0.2, -0.15) is 0 Å². The van der Waals surface area contributed by atoms with Crippen LogP contribution in [0.3, 0.4) is 0 Å². The summed E-state index contributed by atoms with van der Waals surface area (Å²) in [6.45, 7) is 5.15. The fourth-order valence-electron chi connectivity index (χ4n) is 4.68. The summed E-state index contributed by atoms with van der Waals surface area (Å²) in [6.07, 6.45) is 5.22. The second-order valence-corrected chi connectivity index (χ2v) is 9.59. The van der Waals surface area contributed by atoms with Crippen LogP contribution in [0.5, 0.6) is 5.75 Å². The molecule has 5 rings (SSSR count). The van der Waals surface area contributed by atoms with E-state index in [1.54, 1.807) is 19.5 Å². The molecule has 0 bridgehead atoms. The predicted molar refractivity (Wildman–Crippen MR) is 151 cm³/mol. The number of aliphatic hydroxyl groups is 1. The molecule has 0 aliphatic carbocycles. The Hall–Kier alpha value is -3.93. The molecule has 1 atom stereocenters. The van der Waals surface area contributed by atoms with E-state index in [4.69, 9.17) is 21.4 Å². The standard InChI is InChI=1S/C27H31ClN8O3/c1-18(26(38)29-8-14-37)34-10-12-35(13-11-34)19-6-7-21(23(15-19)39-2)32-27-31-16-20(28)25(33-27)22-17-30-24-5-3-4-9-36(22)24/h3-7,9,15-18,37H,8,10-14H2,1-2H3,(H,29,38)(H,31,32,33). The number of hydrogen-bond donors (Lipinski definition) is 3. The molecule has 3 aromatic heterocycles. The molecule has 1 unspecified atom stereocenters. The van der Waals surface area contributed by atoms with Gasteiger partial charge in [-0.3, -0.25) is 14.1 Å². The van der Waals surface area contributed by atoms with Gasteiger partial charge in [0.25, 0.3) is 0 Å². The molecule has 204 valence electrons. The number of ether oxygens (including phenoxy) is 1. The highest BCUT2D eigenvalue weighted by atomic mass is 35.5. The number of amides is 1. The van der Waals surface area contributed by atoms with Crippen LogP contribution < -0.4 is 20.3 Å². The number of hydrogen-bond acceptors (Lipinski definition) is 9. The van der Waals surface area contributed by atoms with Crippen molar-refractivity contribution in [2.24, 2.45) is 0 Å². The largest absolute Gasteiger partial charge is 0.494 e. The number of anilines is 3. The summed E-state index contributed by atoms with van der Waals surface area (Å²) in [5, 5.41) is 15.4. The van der Waals surface area contributed by atoms with Crippen LogP contribution in [0.2, 0.25) is 5.02 Å². The fraction of sp³-hybridized carbons (Fsp3) is 0.333. The zero-order chi connectivity index (χ0) is 27.4. The van der Waals surface area contributed by atoms with Crippen molar-refractivity contribution in [2.75, 3.05) is 56.7 Å². The van der Waals surface area contributed by atoms with Gasteiger partial charge in [0.1, 0.15) is 17.1 Å². The number of pyridine rings is 1. The molecule has 1 aliphatic heterocycles. The first-order valence-corrected chi connectivity index (χ1v) is 13.1. The maximum Gasteiger partial charge on any atom is 0.237 e. The quantitative estimate of drug-likeness (QED) is 0.289. The highest BCUT2D eigenvalue weighted by molar-refractivity contribution is 6.32. The van der Waals surface area contributed by atoms with Crippen molar-refractivity contribution in [3.05, 3.63) is 60.0 Å². The first-order chi connectivity index (χ1) is 19.0. The lowest BCUT2D eigenvalue weighted by Gasteiger charge is -2.38. The second-order valence-electron chi connectivity index (χ2n) is 9.19. The van der Waals surface area contributed by atoms with Crippen molar-refractivity contribution < 1.29 is 14.6 Å². The van der Waals surface area contributed by atoms with Gasteiger partial charge >= 0.3 is 0 Å². The van der Waals surface area contributed by atoms with E-state index in [9.17, 15) is 4.79 Å². The van der Waals surface area contributed by atoms with Gasteiger partial charge < -0.3 is 25.4 Å². The number of methoxy groups -OCH3 is 1. The summed E-state index contributed by atoms with van der Waals surface area (Å²) in [7, 11) is 1.63. The van der Waals surface area contributed by atoms with Crippen LogP contribution in [0, 0.1) is 0 Å². The number of carbonyl (C=O) groups is 1. The molecule has 1 aromatic carbocycles. The number of imidazole rings is 1. The van der Waals surface area contributed by atoms with Crippen molar-refractivity contribution >= 4 is 40.5 Å². The number of piperazine rings is 1. The monoisotopic (exact) mass is 550 g/mol. The summed E-state index contributed by atoms with van der Waals surface area (Å²) in [5.74, 6) is 0.971. The Kier molecular flexibility index (Phi) is 8.10. The van der Waals surface area contributed by atoms with Crippen LogP contribution in [0.1, 0.15) is 6.92 Å². The molecule has 1 saturated heterocycles. The van der Waals surface area contributed by atoms with Crippen molar-refractivity contribution in [3.63, 3.8) is 0 Å². The second kappa shape index (κ2) is 11.9. The van der Waals surface area contributed by atoms with E-state index < -0.39 is 0 Å². The summed E-state index contributed by atoms with van der Waals surface area (Å²) < 4.78 is 7.62. The Morgan fingerprint density at radius 1 is 1.15 bits per heavy atom. The Morgan fingerprint density at radius 2 is 1.97 bits per heavy atom. The van der Waals surface area contributed by atoms with Gasteiger partial charge in [0.15, 0.2) is 0 Å². The number of nitrogens with zero attached hydrogens (tertiary/aromatic N) is 6. The number of nitrogens with one attached hydrogen (secondary N) is 2. The van der Waals surface area contributed by atoms with E-state index >= 15 is 0 Å². The molecule has 3 N–H and O–H groups in total. The summed E-state index contributed by atoms with van der Waals surface area (Å²) in [4.78, 5) is 30.2. The first-order valence-electron chi connectivity index (χ1n) is 12.8. The van der Waals surface area contributed by atoms with E-state index in [2.05, 4.69) is 35.4 Å². The molecule has 12 heteroatoms. The Labute approximate surface area is 231 Å². The molecule has 0 saturated carbocycles. The Bertz CT molecular complexity index is 1450. The van der Waals surface area contributed by atoms with Gasteiger partial charge in [-0.05, 0) is 31.2 Å². The van der Waals surface area contributed by atoms with Crippen molar-refractivity contribution in [2.45, 2.75) is 13.0 Å². The molecular formula is C27H31ClN8O3. The third kappa shape index (κ3) is 5.75. The van der Waals surface area contributed by atoms with Gasteiger partial charge in [0.05, 0.1) is 48.6 Å². The Balaban J connectivity index is 1.29. The average molecular weight is 551 g/mol. The Morgan fingerprint density at radius 3 is 2.74 bits per heavy atom. The average Bonchev–Trinajstić information content (AvgIpc) is 3.41. The maximum absolute atomic E-state index is 12.3. The molecule has 4 heterocycles. The molecule has 11 nitrogen and oxygen atoms in total.